The monoisotopic (exact) mass is 283 g/mol. The van der Waals surface area contributed by atoms with E-state index in [2.05, 4.69) is 10.0 Å². The Hall–Kier alpha value is -1.80. The van der Waals surface area contributed by atoms with E-state index in [1.165, 1.54) is 0 Å². The van der Waals surface area contributed by atoms with Crippen molar-refractivity contribution in [1.82, 2.24) is 0 Å². The maximum absolute atomic E-state index is 11.2. The van der Waals surface area contributed by atoms with Crippen molar-refractivity contribution in [2.45, 2.75) is 6.42 Å². The molecule has 94 valence electrons. The number of rotatable bonds is 3. The molecule has 0 saturated heterocycles. The van der Waals surface area contributed by atoms with Gasteiger partial charge < -0.3 is 5.11 Å². The average molecular weight is 283 g/mol. The van der Waals surface area contributed by atoms with Gasteiger partial charge in [0.25, 0.3) is 0 Å². The SMILES string of the molecule is [Fe+2].[N-]=[N+]=NCCC([O-])=C1C=CC=C1.c1cc[cH-]c1. The Balaban J connectivity index is 0.000000405. The van der Waals surface area contributed by atoms with Gasteiger partial charge in [0.05, 0.1) is 0 Å². The predicted octanol–water partition coefficient (Wildman–Crippen LogP) is 2.83. The normalized spacial score (nSPS) is 11.0. The molecular formula is C13H13FeN3O. The van der Waals surface area contributed by atoms with Crippen molar-refractivity contribution in [3.05, 3.63) is 76.4 Å². The van der Waals surface area contributed by atoms with Gasteiger partial charge >= 0.3 is 17.1 Å². The molecule has 2 rings (SSSR count). The molecule has 0 saturated carbocycles. The molecule has 5 heteroatoms. The van der Waals surface area contributed by atoms with Crippen LogP contribution < -0.4 is 5.11 Å². The van der Waals surface area contributed by atoms with E-state index >= 15 is 0 Å². The molecule has 1 aromatic rings. The van der Waals surface area contributed by atoms with Crippen molar-refractivity contribution in [2.24, 2.45) is 5.11 Å². The standard InChI is InChI=1S/C8H9N3O.C5H5.Fe/c9-11-10-6-5-8(12)7-3-1-2-4-7;1-2-4-5-3-1;/h1-4,12H,5-6H2;1-5H;/q;-1;+2/p-1. The topological polar surface area (TPSA) is 71.8 Å². The molecule has 0 radical (unpaired) electrons. The van der Waals surface area contributed by atoms with Crippen LogP contribution in [-0.4, -0.2) is 6.54 Å². The molecule has 0 aliphatic heterocycles. The summed E-state index contributed by atoms with van der Waals surface area (Å²) in [6, 6.07) is 10.0. The maximum atomic E-state index is 11.2. The van der Waals surface area contributed by atoms with Gasteiger partial charge in [-0.05, 0) is 17.5 Å². The molecule has 0 unspecified atom stereocenters. The van der Waals surface area contributed by atoms with Crippen molar-refractivity contribution in [1.29, 1.82) is 0 Å². The molecule has 1 aliphatic carbocycles. The summed E-state index contributed by atoms with van der Waals surface area (Å²) < 4.78 is 0. The quantitative estimate of drug-likeness (QED) is 0.210. The van der Waals surface area contributed by atoms with Gasteiger partial charge in [-0.15, -0.1) is 5.76 Å². The molecule has 0 atom stereocenters. The first kappa shape index (κ1) is 16.2. The van der Waals surface area contributed by atoms with Gasteiger partial charge in [0.2, 0.25) is 0 Å². The first-order chi connectivity index (χ1) is 8.34. The van der Waals surface area contributed by atoms with Crippen LogP contribution in [0.3, 0.4) is 0 Å². The van der Waals surface area contributed by atoms with Crippen LogP contribution in [-0.2, 0) is 17.1 Å². The van der Waals surface area contributed by atoms with E-state index in [1.807, 2.05) is 30.3 Å². The van der Waals surface area contributed by atoms with E-state index in [-0.39, 0.29) is 35.8 Å². The van der Waals surface area contributed by atoms with Crippen molar-refractivity contribution < 1.29 is 22.2 Å². The molecule has 0 fully saturated rings. The van der Waals surface area contributed by atoms with Gasteiger partial charge in [0, 0.05) is 11.5 Å². The average Bonchev–Trinajstić information content (AvgIpc) is 3.05. The van der Waals surface area contributed by atoms with Crippen molar-refractivity contribution in [3.63, 3.8) is 0 Å². The molecule has 4 nitrogen and oxygen atoms in total. The minimum atomic E-state index is 0. The smallest absolute Gasteiger partial charge is 0.875 e. The first-order valence-electron chi connectivity index (χ1n) is 5.27. The Morgan fingerprint density at radius 1 is 1.28 bits per heavy atom. The Labute approximate surface area is 117 Å². The Bertz CT molecular complexity index is 423. The molecule has 0 heterocycles. The zero-order chi connectivity index (χ0) is 12.3. The maximum Gasteiger partial charge on any atom is 2.00 e. The van der Waals surface area contributed by atoms with E-state index < -0.39 is 0 Å². The van der Waals surface area contributed by atoms with E-state index in [4.69, 9.17) is 5.53 Å². The largest absolute Gasteiger partial charge is 2.00 e. The van der Waals surface area contributed by atoms with Crippen LogP contribution >= 0.6 is 0 Å². The predicted molar refractivity (Wildman–Crippen MR) is 66.0 cm³/mol. The summed E-state index contributed by atoms with van der Waals surface area (Å²) in [5.74, 6) is 0.0207. The van der Waals surface area contributed by atoms with Crippen molar-refractivity contribution >= 4 is 0 Å². The molecule has 1 aliphatic rings. The fourth-order valence-corrected chi connectivity index (χ4v) is 1.22. The zero-order valence-corrected chi connectivity index (χ0v) is 10.8. The molecule has 0 aromatic heterocycles. The van der Waals surface area contributed by atoms with Gasteiger partial charge in [0.15, 0.2) is 0 Å². The molecule has 18 heavy (non-hydrogen) atoms. The van der Waals surface area contributed by atoms with E-state index in [1.54, 1.807) is 24.3 Å². The third kappa shape index (κ3) is 6.71. The summed E-state index contributed by atoms with van der Waals surface area (Å²) in [4.78, 5) is 2.56. The fourth-order valence-electron chi connectivity index (χ4n) is 1.22. The number of hydrogen-bond donors (Lipinski definition) is 0. The first-order valence-corrected chi connectivity index (χ1v) is 5.27. The molecule has 0 spiro atoms. The molecule has 0 bridgehead atoms. The Kier molecular flexibility index (Phi) is 9.32. The fraction of sp³-hybridized carbons (Fsp3) is 0.154. The van der Waals surface area contributed by atoms with Crippen molar-refractivity contribution in [2.75, 3.05) is 6.54 Å². The minimum Gasteiger partial charge on any atom is -0.875 e. The van der Waals surface area contributed by atoms with E-state index in [0.717, 1.165) is 0 Å². The number of azide groups is 1. The minimum absolute atomic E-state index is 0. The molecular weight excluding hydrogens is 270 g/mol. The van der Waals surface area contributed by atoms with Crippen LogP contribution in [0.4, 0.5) is 0 Å². The van der Waals surface area contributed by atoms with Gasteiger partial charge in [0.1, 0.15) is 0 Å². The Morgan fingerprint density at radius 2 is 1.89 bits per heavy atom. The molecule has 0 amide bonds. The van der Waals surface area contributed by atoms with Crippen LogP contribution in [0.25, 0.3) is 10.4 Å². The third-order valence-corrected chi connectivity index (χ3v) is 2.04. The van der Waals surface area contributed by atoms with Gasteiger partial charge in [-0.25, -0.2) is 12.1 Å². The van der Waals surface area contributed by atoms with Crippen LogP contribution in [0.2, 0.25) is 0 Å². The summed E-state index contributed by atoms with van der Waals surface area (Å²) in [5, 5.41) is 14.5. The number of hydrogen-bond acceptors (Lipinski definition) is 2. The summed E-state index contributed by atoms with van der Waals surface area (Å²) in [6.07, 6.45) is 7.40. The summed E-state index contributed by atoms with van der Waals surface area (Å²) in [5.41, 5.74) is 8.64. The van der Waals surface area contributed by atoms with Gasteiger partial charge in [-0.1, -0.05) is 29.4 Å². The van der Waals surface area contributed by atoms with Crippen LogP contribution in [0.5, 0.6) is 0 Å². The van der Waals surface area contributed by atoms with Crippen LogP contribution in [0.15, 0.2) is 71.1 Å². The molecule has 1 aromatic carbocycles. The number of nitrogens with zero attached hydrogens (tertiary/aromatic N) is 3. The second-order valence-corrected chi connectivity index (χ2v) is 3.26. The Morgan fingerprint density at radius 3 is 2.33 bits per heavy atom. The van der Waals surface area contributed by atoms with Gasteiger partial charge in [-0.3, -0.25) is 0 Å². The summed E-state index contributed by atoms with van der Waals surface area (Å²) in [6.45, 7) is 0.237. The van der Waals surface area contributed by atoms with Gasteiger partial charge in [-0.2, -0.15) is 18.2 Å². The zero-order valence-electron chi connectivity index (χ0n) is 9.71. The van der Waals surface area contributed by atoms with Crippen LogP contribution in [0, 0.1) is 0 Å². The van der Waals surface area contributed by atoms with Crippen molar-refractivity contribution in [3.8, 4) is 0 Å². The molecule has 0 N–H and O–H groups in total. The second kappa shape index (κ2) is 10.4. The second-order valence-electron chi connectivity index (χ2n) is 3.26. The number of allylic oxidation sites excluding steroid dienone is 5. The summed E-state index contributed by atoms with van der Waals surface area (Å²) >= 11 is 0. The van der Waals surface area contributed by atoms with E-state index in [9.17, 15) is 5.11 Å². The van der Waals surface area contributed by atoms with Crippen LogP contribution in [0.1, 0.15) is 6.42 Å². The summed E-state index contributed by atoms with van der Waals surface area (Å²) in [7, 11) is 0. The third-order valence-electron chi connectivity index (χ3n) is 2.04. The van der Waals surface area contributed by atoms with E-state index in [0.29, 0.717) is 5.57 Å².